The van der Waals surface area contributed by atoms with Crippen molar-refractivity contribution in [3.63, 3.8) is 0 Å². The van der Waals surface area contributed by atoms with Gasteiger partial charge < -0.3 is 9.64 Å². The lowest BCUT2D eigenvalue weighted by atomic mass is 9.95. The second-order valence-electron chi connectivity index (χ2n) is 9.33. The summed E-state index contributed by atoms with van der Waals surface area (Å²) in [5, 5.41) is 3.28. The van der Waals surface area contributed by atoms with Gasteiger partial charge in [0.15, 0.2) is 22.0 Å². The van der Waals surface area contributed by atoms with Gasteiger partial charge in [-0.2, -0.15) is 0 Å². The third-order valence-corrected chi connectivity index (χ3v) is 8.06. The molecule has 1 aliphatic rings. The minimum absolute atomic E-state index is 0.688. The molecule has 0 fully saturated rings. The predicted octanol–water partition coefficient (Wildman–Crippen LogP) is 9.15. The fourth-order valence-corrected chi connectivity index (χ4v) is 6.21. The standard InChI is InChI=1S/C33H20N4OS/c1-2-8-25-24(7-1)23(17-18-26(25)32-36-31-33(39-32)35-20-19-34-31)21-13-15-22(16-14-21)37-27-9-3-5-11-29(27)38-30-12-6-4-10-28(30)37/h1-20H. The summed E-state index contributed by atoms with van der Waals surface area (Å²) in [4.78, 5) is 16.7. The first-order valence-corrected chi connectivity index (χ1v) is 13.5. The number of aromatic nitrogens is 3. The van der Waals surface area contributed by atoms with E-state index in [1.807, 2.05) is 36.4 Å². The molecule has 0 unspecified atom stereocenters. The lowest BCUT2D eigenvalue weighted by molar-refractivity contribution is 0.477. The molecule has 6 heteroatoms. The van der Waals surface area contributed by atoms with Gasteiger partial charge >= 0.3 is 0 Å². The Kier molecular flexibility index (Phi) is 4.93. The molecular weight excluding hydrogens is 500 g/mol. The maximum Gasteiger partial charge on any atom is 0.190 e. The van der Waals surface area contributed by atoms with Gasteiger partial charge in [-0.25, -0.2) is 15.0 Å². The molecule has 0 aliphatic carbocycles. The average molecular weight is 521 g/mol. The van der Waals surface area contributed by atoms with E-state index in [4.69, 9.17) is 9.72 Å². The van der Waals surface area contributed by atoms with Gasteiger partial charge in [-0.1, -0.05) is 84.1 Å². The van der Waals surface area contributed by atoms with Crippen molar-refractivity contribution in [1.82, 2.24) is 15.0 Å². The molecule has 0 N–H and O–H groups in total. The average Bonchev–Trinajstić information content (AvgIpc) is 3.44. The molecular formula is C33H20N4OS. The van der Waals surface area contributed by atoms with E-state index < -0.39 is 0 Å². The van der Waals surface area contributed by atoms with E-state index in [-0.39, 0.29) is 0 Å². The van der Waals surface area contributed by atoms with Crippen LogP contribution in [0.4, 0.5) is 17.1 Å². The van der Waals surface area contributed by atoms with Crippen molar-refractivity contribution in [2.45, 2.75) is 0 Å². The van der Waals surface area contributed by atoms with E-state index in [9.17, 15) is 0 Å². The number of nitrogens with zero attached hydrogens (tertiary/aromatic N) is 4. The first-order valence-electron chi connectivity index (χ1n) is 12.7. The van der Waals surface area contributed by atoms with Crippen molar-refractivity contribution in [1.29, 1.82) is 0 Å². The van der Waals surface area contributed by atoms with Crippen LogP contribution in [0.5, 0.6) is 11.5 Å². The highest BCUT2D eigenvalue weighted by Crippen LogP contribution is 2.50. The van der Waals surface area contributed by atoms with E-state index in [0.29, 0.717) is 5.65 Å². The van der Waals surface area contributed by atoms with Crippen LogP contribution >= 0.6 is 11.3 Å². The van der Waals surface area contributed by atoms with Crippen LogP contribution in [-0.4, -0.2) is 15.0 Å². The molecule has 0 spiro atoms. The molecule has 5 nitrogen and oxygen atoms in total. The lowest BCUT2D eigenvalue weighted by Crippen LogP contribution is -2.15. The maximum atomic E-state index is 6.18. The normalized spacial score (nSPS) is 12.3. The first-order chi connectivity index (χ1) is 19.3. The van der Waals surface area contributed by atoms with Gasteiger partial charge in [0, 0.05) is 23.6 Å². The van der Waals surface area contributed by atoms with E-state index in [1.165, 1.54) is 10.9 Å². The van der Waals surface area contributed by atoms with Gasteiger partial charge in [0.2, 0.25) is 0 Å². The zero-order valence-corrected chi connectivity index (χ0v) is 21.5. The lowest BCUT2D eigenvalue weighted by Gasteiger charge is -2.32. The molecule has 5 aromatic carbocycles. The number of thiazole rings is 1. The SMILES string of the molecule is c1ccc2c(c1)Oc1ccccc1N2c1ccc(-c2ccc(-c3nc4nccnc4s3)c3ccccc23)cc1. The van der Waals surface area contributed by atoms with Gasteiger partial charge in [-0.05, 0) is 58.3 Å². The summed E-state index contributed by atoms with van der Waals surface area (Å²) in [5.74, 6) is 1.70. The molecule has 0 radical (unpaired) electrons. The Labute approximate surface area is 228 Å². The molecule has 0 atom stereocenters. The third-order valence-electron chi connectivity index (χ3n) is 7.07. The highest BCUT2D eigenvalue weighted by atomic mass is 32.1. The van der Waals surface area contributed by atoms with Crippen LogP contribution in [0, 0.1) is 0 Å². The summed E-state index contributed by atoms with van der Waals surface area (Å²) in [5.41, 5.74) is 7.25. The van der Waals surface area contributed by atoms with Gasteiger partial charge in [-0.15, -0.1) is 0 Å². The van der Waals surface area contributed by atoms with Crippen LogP contribution in [0.15, 0.2) is 122 Å². The fourth-order valence-electron chi connectivity index (χ4n) is 5.30. The molecule has 1 aliphatic heterocycles. The molecule has 7 aromatic rings. The summed E-state index contributed by atoms with van der Waals surface area (Å²) in [6.07, 6.45) is 3.40. The van der Waals surface area contributed by atoms with Crippen LogP contribution in [0.25, 0.3) is 42.9 Å². The molecule has 184 valence electrons. The Hall–Kier alpha value is -5.07. The van der Waals surface area contributed by atoms with Crippen LogP contribution in [0.2, 0.25) is 0 Å². The summed E-state index contributed by atoms with van der Waals surface area (Å²) >= 11 is 1.57. The molecule has 0 amide bonds. The zero-order valence-electron chi connectivity index (χ0n) is 20.7. The van der Waals surface area contributed by atoms with E-state index in [2.05, 4.69) is 87.7 Å². The second-order valence-corrected chi connectivity index (χ2v) is 10.3. The third kappa shape index (κ3) is 3.57. The van der Waals surface area contributed by atoms with Crippen molar-refractivity contribution < 1.29 is 4.74 Å². The van der Waals surface area contributed by atoms with Crippen molar-refractivity contribution in [3.8, 4) is 33.2 Å². The number of benzene rings is 5. The minimum Gasteiger partial charge on any atom is -0.453 e. The second kappa shape index (κ2) is 8.75. The van der Waals surface area contributed by atoms with Crippen molar-refractivity contribution >= 4 is 49.6 Å². The van der Waals surface area contributed by atoms with Crippen LogP contribution in [0.3, 0.4) is 0 Å². The quantitative estimate of drug-likeness (QED) is 0.232. The number of fused-ring (bicyclic) bond motifs is 4. The number of anilines is 3. The molecule has 3 heterocycles. The Bertz CT molecular complexity index is 1940. The highest BCUT2D eigenvalue weighted by molar-refractivity contribution is 7.21. The monoisotopic (exact) mass is 520 g/mol. The molecule has 2 aromatic heterocycles. The van der Waals surface area contributed by atoms with Crippen molar-refractivity contribution in [2.75, 3.05) is 4.90 Å². The number of hydrogen-bond donors (Lipinski definition) is 0. The van der Waals surface area contributed by atoms with E-state index in [1.54, 1.807) is 23.7 Å². The Balaban J connectivity index is 1.22. The van der Waals surface area contributed by atoms with Crippen molar-refractivity contribution in [2.24, 2.45) is 0 Å². The number of rotatable bonds is 3. The molecule has 8 rings (SSSR count). The predicted molar refractivity (Wildman–Crippen MR) is 158 cm³/mol. The minimum atomic E-state index is 0.688. The van der Waals surface area contributed by atoms with Gasteiger partial charge in [0.05, 0.1) is 11.4 Å². The Morgan fingerprint density at radius 3 is 1.92 bits per heavy atom. The van der Waals surface area contributed by atoms with E-state index >= 15 is 0 Å². The Morgan fingerprint density at radius 2 is 1.21 bits per heavy atom. The number of hydrogen-bond acceptors (Lipinski definition) is 6. The highest BCUT2D eigenvalue weighted by Gasteiger charge is 2.25. The van der Waals surface area contributed by atoms with Crippen LogP contribution < -0.4 is 9.64 Å². The smallest absolute Gasteiger partial charge is 0.190 e. The molecule has 0 bridgehead atoms. The summed E-state index contributed by atoms with van der Waals surface area (Å²) < 4.78 is 6.18. The summed E-state index contributed by atoms with van der Waals surface area (Å²) in [6.45, 7) is 0. The topological polar surface area (TPSA) is 51.1 Å². The Morgan fingerprint density at radius 1 is 0.590 bits per heavy atom. The molecule has 39 heavy (non-hydrogen) atoms. The summed E-state index contributed by atoms with van der Waals surface area (Å²) in [6, 6.07) is 37.9. The maximum absolute atomic E-state index is 6.18. The zero-order chi connectivity index (χ0) is 25.8. The van der Waals surface area contributed by atoms with Gasteiger partial charge in [-0.3, -0.25) is 0 Å². The van der Waals surface area contributed by atoms with E-state index in [0.717, 1.165) is 54.9 Å². The number of ether oxygens (including phenoxy) is 1. The first kappa shape index (κ1) is 22.0. The number of para-hydroxylation sites is 4. The summed E-state index contributed by atoms with van der Waals surface area (Å²) in [7, 11) is 0. The van der Waals surface area contributed by atoms with Crippen molar-refractivity contribution in [3.05, 3.63) is 122 Å². The molecule has 0 saturated carbocycles. The fraction of sp³-hybridized carbons (Fsp3) is 0. The van der Waals surface area contributed by atoms with Gasteiger partial charge in [0.1, 0.15) is 5.01 Å². The largest absolute Gasteiger partial charge is 0.453 e. The van der Waals surface area contributed by atoms with Crippen LogP contribution in [-0.2, 0) is 0 Å². The van der Waals surface area contributed by atoms with Gasteiger partial charge in [0.25, 0.3) is 0 Å². The molecule has 0 saturated heterocycles. The van der Waals surface area contributed by atoms with Crippen LogP contribution in [0.1, 0.15) is 0 Å².